The van der Waals surface area contributed by atoms with Crippen molar-refractivity contribution < 1.29 is 32.4 Å². The normalized spacial score (nSPS) is 27.5. The molecule has 0 bridgehead atoms. The molecule has 6 atom stereocenters. The van der Waals surface area contributed by atoms with Gasteiger partial charge in [0.1, 0.15) is 34.3 Å². The summed E-state index contributed by atoms with van der Waals surface area (Å²) in [4.78, 5) is 84.8. The summed E-state index contributed by atoms with van der Waals surface area (Å²) in [7, 11) is -4.34. The summed E-state index contributed by atoms with van der Waals surface area (Å²) in [6.45, 7) is 12.2. The average molecular weight is 857 g/mol. The molecule has 3 heterocycles. The van der Waals surface area contributed by atoms with Crippen molar-refractivity contribution in [3.05, 3.63) is 54.7 Å². The summed E-state index contributed by atoms with van der Waals surface area (Å²) in [6.07, 6.45) is 14.3. The zero-order chi connectivity index (χ0) is 43.8. The zero-order valence-electron chi connectivity index (χ0n) is 36.1. The number of carbonyl (C=O) groups excluding carboxylic acids is 5. The highest BCUT2D eigenvalue weighted by Crippen LogP contribution is 2.88. The van der Waals surface area contributed by atoms with Gasteiger partial charge in [-0.25, -0.2) is 18.1 Å². The number of benzene rings is 1. The molecule has 15 nitrogen and oxygen atoms in total. The Balaban J connectivity index is 1.07. The van der Waals surface area contributed by atoms with E-state index >= 15 is 4.79 Å². The van der Waals surface area contributed by atoms with Crippen molar-refractivity contribution in [2.75, 3.05) is 6.54 Å². The molecule has 0 unspecified atom stereocenters. The minimum absolute atomic E-state index is 0.0434. The number of fused-ring (bicyclic) bond motifs is 2. The topological polar surface area (TPSA) is 212 Å². The molecular weight excluding hydrogens is 797 g/mol. The molecule has 1 saturated heterocycles. The summed E-state index contributed by atoms with van der Waals surface area (Å²) in [5.74, 6) is -3.25. The fraction of sp³-hybridized carbons (Fsp3) is 0.622. The van der Waals surface area contributed by atoms with Crippen LogP contribution in [0.15, 0.2) is 53.9 Å². The third kappa shape index (κ3) is 7.00. The first-order valence-electron chi connectivity index (χ1n) is 22.0. The lowest BCUT2D eigenvalue weighted by Gasteiger charge is -2.38. The van der Waals surface area contributed by atoms with Crippen LogP contribution in [-0.2, 0) is 29.2 Å². The maximum Gasteiger partial charge on any atom is 0.272 e. The Hall–Kier alpha value is -4.86. The van der Waals surface area contributed by atoms with Crippen LogP contribution in [-0.4, -0.2) is 88.0 Å². The highest BCUT2D eigenvalue weighted by Gasteiger charge is 2.85. The summed E-state index contributed by atoms with van der Waals surface area (Å²) >= 11 is 0. The van der Waals surface area contributed by atoms with Crippen molar-refractivity contribution in [1.82, 2.24) is 40.5 Å². The van der Waals surface area contributed by atoms with Gasteiger partial charge in [0, 0.05) is 35.9 Å². The van der Waals surface area contributed by atoms with Crippen molar-refractivity contribution in [2.45, 2.75) is 141 Å². The number of H-pyrrole nitrogens is 1. The molecule has 4 aliphatic carbocycles. The lowest BCUT2D eigenvalue weighted by atomic mass is 9.73. The smallest absolute Gasteiger partial charge is 0.272 e. The Morgan fingerprint density at radius 3 is 2.30 bits per heavy atom. The van der Waals surface area contributed by atoms with E-state index in [1.807, 2.05) is 27.7 Å². The van der Waals surface area contributed by atoms with Crippen LogP contribution in [0.25, 0.3) is 10.9 Å². The van der Waals surface area contributed by atoms with Gasteiger partial charge in [-0.3, -0.25) is 29.0 Å². The second-order valence-electron chi connectivity index (χ2n) is 20.0. The number of carbonyl (C=O) groups is 5. The Kier molecular flexibility index (Phi) is 10.7. The molecule has 5 fully saturated rings. The maximum atomic E-state index is 15.3. The molecule has 3 aromatic rings. The minimum Gasteiger partial charge on any atom is -0.360 e. The van der Waals surface area contributed by atoms with E-state index < -0.39 is 68.6 Å². The van der Waals surface area contributed by atoms with E-state index in [1.165, 1.54) is 24.7 Å². The molecule has 5 aliphatic rings. The second-order valence-corrected chi connectivity index (χ2v) is 21.6. The van der Waals surface area contributed by atoms with Crippen molar-refractivity contribution in [3.63, 3.8) is 0 Å². The van der Waals surface area contributed by atoms with E-state index in [0.717, 1.165) is 51.4 Å². The van der Waals surface area contributed by atoms with Gasteiger partial charge in [-0.2, -0.15) is 0 Å². The molecule has 8 rings (SSSR count). The first-order chi connectivity index (χ1) is 28.8. The minimum atomic E-state index is -4.34. The van der Waals surface area contributed by atoms with E-state index in [0.29, 0.717) is 30.3 Å². The van der Waals surface area contributed by atoms with Gasteiger partial charge in [0.2, 0.25) is 17.7 Å². The van der Waals surface area contributed by atoms with Crippen LogP contribution >= 0.6 is 0 Å². The van der Waals surface area contributed by atoms with Crippen LogP contribution < -0.4 is 20.7 Å². The predicted molar refractivity (Wildman–Crippen MR) is 227 cm³/mol. The molecule has 4 saturated carbocycles. The van der Waals surface area contributed by atoms with Crippen LogP contribution in [0.1, 0.15) is 123 Å². The molecule has 16 heteroatoms. The molecule has 2 aromatic heterocycles. The van der Waals surface area contributed by atoms with Gasteiger partial charge in [-0.15, -0.1) is 0 Å². The SMILES string of the molecule is CC[C@@H]1C[C@]1(NC(=O)[C@@H]1C[C@@]2(CN1C(=O)[C@@H](NC(=O)[C@@H](NC(=O)c1cnccn1)C1CCCCC1)C(C)(C)C)C(C)(C)C21CCC1)C(=O)NS(=O)(=O)c1cccc2cc[nH]c12. The number of nitrogens with one attached hydrogen (secondary N) is 5. The highest BCUT2D eigenvalue weighted by molar-refractivity contribution is 7.90. The fourth-order valence-corrected chi connectivity index (χ4v) is 13.0. The molecule has 61 heavy (non-hydrogen) atoms. The number of sulfonamides is 1. The molecule has 2 spiro atoms. The third-order valence-electron chi connectivity index (χ3n) is 15.7. The predicted octanol–water partition coefficient (Wildman–Crippen LogP) is 4.75. The summed E-state index contributed by atoms with van der Waals surface area (Å²) < 4.78 is 29.8. The zero-order valence-corrected chi connectivity index (χ0v) is 36.9. The monoisotopic (exact) mass is 856 g/mol. The van der Waals surface area contributed by atoms with Gasteiger partial charge < -0.3 is 25.8 Å². The van der Waals surface area contributed by atoms with Gasteiger partial charge in [-0.05, 0) is 78.7 Å². The van der Waals surface area contributed by atoms with Crippen LogP contribution in [0.2, 0.25) is 0 Å². The van der Waals surface area contributed by atoms with Gasteiger partial charge >= 0.3 is 0 Å². The van der Waals surface area contributed by atoms with Gasteiger partial charge in [0.15, 0.2) is 0 Å². The number of aromatic amines is 1. The highest BCUT2D eigenvalue weighted by atomic mass is 32.2. The number of likely N-dealkylation sites (tertiary alicyclic amines) is 1. The molecule has 5 N–H and O–H groups in total. The number of hydrogen-bond acceptors (Lipinski definition) is 9. The average Bonchev–Trinajstić information content (AvgIpc) is 3.72. The molecule has 328 valence electrons. The van der Waals surface area contributed by atoms with Crippen LogP contribution in [0.5, 0.6) is 0 Å². The Morgan fingerprint density at radius 1 is 0.951 bits per heavy atom. The van der Waals surface area contributed by atoms with Gasteiger partial charge in [-0.1, -0.05) is 85.8 Å². The maximum absolute atomic E-state index is 15.3. The lowest BCUT2D eigenvalue weighted by Crippen LogP contribution is -2.62. The lowest BCUT2D eigenvalue weighted by molar-refractivity contribution is -0.145. The number of nitrogens with zero attached hydrogens (tertiary/aromatic N) is 3. The van der Waals surface area contributed by atoms with E-state index in [2.05, 4.69) is 49.5 Å². The standard InChI is InChI=1S/C45H60N8O7S/c1-7-29-23-45(29,40(58)52-61(59,60)32-16-11-15-28-17-20-48-33(28)32)51-37(55)31-24-44(42(5,6)43(44)18-12-19-43)26-53(31)39(57)35(41(2,3)4)50-38(56)34(27-13-9-8-10-14-27)49-36(54)30-25-46-21-22-47-30/h11,15-17,20-22,25,27,29,31,34-35,48H,7-10,12-14,18-19,23-24,26H2,1-6H3,(H,49,54)(H,50,56)(H,51,55)(H,52,58)/t29-,31+,34+,35-,44-,45-/m1/s1. The van der Waals surface area contributed by atoms with Gasteiger partial charge in [0.05, 0.1) is 11.7 Å². The first-order valence-corrected chi connectivity index (χ1v) is 23.4. The summed E-state index contributed by atoms with van der Waals surface area (Å²) in [5.41, 5.74) is -2.44. The fourth-order valence-electron chi connectivity index (χ4n) is 11.8. The van der Waals surface area contributed by atoms with E-state index in [9.17, 15) is 27.6 Å². The number of hydrogen-bond donors (Lipinski definition) is 5. The molecule has 1 aromatic carbocycles. The van der Waals surface area contributed by atoms with E-state index in [1.54, 1.807) is 29.3 Å². The Morgan fingerprint density at radius 2 is 1.69 bits per heavy atom. The molecule has 0 radical (unpaired) electrons. The number of aromatic nitrogens is 3. The molecule has 5 amide bonds. The second kappa shape index (κ2) is 15.2. The van der Waals surface area contributed by atoms with Crippen molar-refractivity contribution >= 4 is 50.5 Å². The van der Waals surface area contributed by atoms with Crippen LogP contribution in [0, 0.1) is 33.5 Å². The number of rotatable bonds is 12. The number of amides is 5. The Labute approximate surface area is 357 Å². The number of para-hydroxylation sites is 1. The summed E-state index contributed by atoms with van der Waals surface area (Å²) in [5, 5.41) is 9.66. The summed E-state index contributed by atoms with van der Waals surface area (Å²) in [6, 6.07) is 3.55. The van der Waals surface area contributed by atoms with Crippen molar-refractivity contribution in [2.24, 2.45) is 33.5 Å². The molecule has 1 aliphatic heterocycles. The van der Waals surface area contributed by atoms with Crippen LogP contribution in [0.4, 0.5) is 0 Å². The van der Waals surface area contributed by atoms with Crippen LogP contribution in [0.3, 0.4) is 0 Å². The van der Waals surface area contributed by atoms with Gasteiger partial charge in [0.25, 0.3) is 21.8 Å². The molecular formula is C45H60N8O7S. The van der Waals surface area contributed by atoms with E-state index in [4.69, 9.17) is 0 Å². The first kappa shape index (κ1) is 42.8. The largest absolute Gasteiger partial charge is 0.360 e. The van der Waals surface area contributed by atoms with Crippen molar-refractivity contribution in [3.8, 4) is 0 Å². The third-order valence-corrected chi connectivity index (χ3v) is 17.1. The van der Waals surface area contributed by atoms with Crippen molar-refractivity contribution in [1.29, 1.82) is 0 Å². The van der Waals surface area contributed by atoms with E-state index in [-0.39, 0.29) is 45.1 Å². The Bertz CT molecular complexity index is 2350. The quantitative estimate of drug-likeness (QED) is 0.170.